The maximum atomic E-state index is 11.5. The summed E-state index contributed by atoms with van der Waals surface area (Å²) in [5.74, 6) is -0.715. The summed E-state index contributed by atoms with van der Waals surface area (Å²) in [6.07, 6.45) is 1.59. The second kappa shape index (κ2) is 8.46. The molecule has 4 rings (SSSR count). The van der Waals surface area contributed by atoms with Crippen LogP contribution in [-0.2, 0) is 11.2 Å². The average molecular weight is 417 g/mol. The summed E-state index contributed by atoms with van der Waals surface area (Å²) in [5.41, 5.74) is 2.65. The lowest BCUT2D eigenvalue weighted by Crippen LogP contribution is -2.53. The van der Waals surface area contributed by atoms with Crippen LogP contribution in [0.3, 0.4) is 0 Å². The van der Waals surface area contributed by atoms with Gasteiger partial charge in [0.05, 0.1) is 0 Å². The van der Waals surface area contributed by atoms with E-state index in [9.17, 15) is 9.90 Å². The summed E-state index contributed by atoms with van der Waals surface area (Å²) in [6.45, 7) is 5.25. The molecule has 2 heterocycles. The van der Waals surface area contributed by atoms with Gasteiger partial charge in [-0.1, -0.05) is 48.5 Å². The lowest BCUT2D eigenvalue weighted by Gasteiger charge is -2.41. The Morgan fingerprint density at radius 2 is 1.93 bits per heavy atom. The molecule has 0 radical (unpaired) electrons. The summed E-state index contributed by atoms with van der Waals surface area (Å²) < 4.78 is 0. The molecule has 2 aliphatic rings. The first kappa shape index (κ1) is 19.8. The van der Waals surface area contributed by atoms with Crippen LogP contribution in [0.2, 0.25) is 5.02 Å². The lowest BCUT2D eigenvalue weighted by molar-refractivity contribution is -0.144. The average Bonchev–Trinajstić information content (AvgIpc) is 2.85. The van der Waals surface area contributed by atoms with E-state index in [2.05, 4.69) is 46.2 Å². The van der Waals surface area contributed by atoms with Gasteiger partial charge in [0.15, 0.2) is 0 Å². The smallest absolute Gasteiger partial charge is 0.320 e. The molecule has 1 fully saturated rings. The summed E-state index contributed by atoms with van der Waals surface area (Å²) in [6, 6.07) is 14.7. The van der Waals surface area contributed by atoms with Crippen LogP contribution in [-0.4, -0.2) is 53.1 Å². The van der Waals surface area contributed by atoms with Gasteiger partial charge < -0.3 is 5.11 Å². The van der Waals surface area contributed by atoms with E-state index in [1.54, 1.807) is 0 Å². The molecule has 0 aliphatic carbocycles. The van der Waals surface area contributed by atoms with Gasteiger partial charge >= 0.3 is 5.97 Å². The number of nitrogens with zero attached hydrogens (tertiary/aromatic N) is 2. The summed E-state index contributed by atoms with van der Waals surface area (Å²) in [4.78, 5) is 18.7. The van der Waals surface area contributed by atoms with Crippen molar-refractivity contribution in [2.75, 3.05) is 26.2 Å². The van der Waals surface area contributed by atoms with E-state index in [0.29, 0.717) is 6.42 Å². The fourth-order valence-electron chi connectivity index (χ4n) is 4.36. The van der Waals surface area contributed by atoms with Crippen molar-refractivity contribution in [1.29, 1.82) is 0 Å². The van der Waals surface area contributed by atoms with E-state index < -0.39 is 5.97 Å². The molecule has 6 heteroatoms. The number of carboxylic acid groups (broad SMARTS) is 1. The van der Waals surface area contributed by atoms with E-state index in [1.807, 2.05) is 24.8 Å². The van der Waals surface area contributed by atoms with Crippen molar-refractivity contribution in [3.05, 3.63) is 58.6 Å². The standard InChI is InChI=1S/C22H25ClN2O2S/c1-2-18(22(26)27)24-9-11-25(12-10-24)19-13-15-5-3-4-6-20(15)28-21-8-7-16(23)14-17(19)21/h3-8,14,18-19H,2,9-13H2,1H3,(H,26,27). The molecular weight excluding hydrogens is 392 g/mol. The topological polar surface area (TPSA) is 43.8 Å². The highest BCUT2D eigenvalue weighted by atomic mass is 35.5. The van der Waals surface area contributed by atoms with Crippen LogP contribution >= 0.6 is 23.4 Å². The van der Waals surface area contributed by atoms with Gasteiger partial charge in [-0.15, -0.1) is 0 Å². The van der Waals surface area contributed by atoms with Crippen LogP contribution in [0.5, 0.6) is 0 Å². The minimum absolute atomic E-state index is 0.261. The number of carbonyl (C=O) groups is 1. The van der Waals surface area contributed by atoms with Crippen LogP contribution in [0.25, 0.3) is 0 Å². The Morgan fingerprint density at radius 3 is 2.64 bits per heavy atom. The maximum absolute atomic E-state index is 11.5. The largest absolute Gasteiger partial charge is 0.480 e. The molecule has 4 nitrogen and oxygen atoms in total. The van der Waals surface area contributed by atoms with Gasteiger partial charge in [0, 0.05) is 47.0 Å². The monoisotopic (exact) mass is 416 g/mol. The Balaban J connectivity index is 1.60. The van der Waals surface area contributed by atoms with Gasteiger partial charge in [-0.2, -0.15) is 0 Å². The zero-order valence-electron chi connectivity index (χ0n) is 16.0. The fourth-order valence-corrected chi connectivity index (χ4v) is 5.65. The molecule has 0 amide bonds. The molecule has 28 heavy (non-hydrogen) atoms. The molecule has 2 unspecified atom stereocenters. The number of halogens is 1. The molecule has 2 aliphatic heterocycles. The number of hydrogen-bond acceptors (Lipinski definition) is 4. The van der Waals surface area contributed by atoms with E-state index in [1.165, 1.54) is 20.9 Å². The van der Waals surface area contributed by atoms with E-state index in [4.69, 9.17) is 11.6 Å². The zero-order valence-corrected chi connectivity index (χ0v) is 17.5. The van der Waals surface area contributed by atoms with Crippen LogP contribution in [0.4, 0.5) is 0 Å². The highest BCUT2D eigenvalue weighted by molar-refractivity contribution is 7.99. The molecule has 2 aromatic carbocycles. The number of piperazine rings is 1. The SMILES string of the molecule is CCC(C(=O)O)N1CCN(C2Cc3ccccc3Sc3ccc(Cl)cc32)CC1. The highest BCUT2D eigenvalue weighted by Crippen LogP contribution is 2.43. The molecule has 1 saturated heterocycles. The van der Waals surface area contributed by atoms with E-state index in [0.717, 1.165) is 37.6 Å². The number of hydrogen-bond donors (Lipinski definition) is 1. The van der Waals surface area contributed by atoms with Gasteiger partial charge in [0.1, 0.15) is 6.04 Å². The van der Waals surface area contributed by atoms with Gasteiger partial charge in [-0.3, -0.25) is 14.6 Å². The molecule has 1 N–H and O–H groups in total. The van der Waals surface area contributed by atoms with Crippen LogP contribution in [0.1, 0.15) is 30.5 Å². The molecule has 0 bridgehead atoms. The maximum Gasteiger partial charge on any atom is 0.320 e. The molecule has 2 atom stereocenters. The second-order valence-corrected chi connectivity index (χ2v) is 8.97. The van der Waals surface area contributed by atoms with Gasteiger partial charge in [0.25, 0.3) is 0 Å². The first-order valence-electron chi connectivity index (χ1n) is 9.83. The normalized spacial score (nSPS) is 21.4. The first-order valence-corrected chi connectivity index (χ1v) is 11.0. The van der Waals surface area contributed by atoms with Crippen molar-refractivity contribution in [2.24, 2.45) is 0 Å². The molecular formula is C22H25ClN2O2S. The predicted octanol–water partition coefficient (Wildman–Crippen LogP) is 4.57. The van der Waals surface area contributed by atoms with E-state index >= 15 is 0 Å². The highest BCUT2D eigenvalue weighted by Gasteiger charge is 2.33. The Hall–Kier alpha value is -1.53. The number of aliphatic carboxylic acids is 1. The van der Waals surface area contributed by atoms with Gasteiger partial charge in [0.2, 0.25) is 0 Å². The van der Waals surface area contributed by atoms with Crippen molar-refractivity contribution in [3.63, 3.8) is 0 Å². The Morgan fingerprint density at radius 1 is 1.18 bits per heavy atom. The van der Waals surface area contributed by atoms with E-state index in [-0.39, 0.29) is 12.1 Å². The van der Waals surface area contributed by atoms with Crippen LogP contribution in [0, 0.1) is 0 Å². The first-order chi connectivity index (χ1) is 13.6. The van der Waals surface area contributed by atoms with Crippen molar-refractivity contribution >= 4 is 29.3 Å². The molecule has 0 spiro atoms. The third kappa shape index (κ3) is 3.94. The Bertz CT molecular complexity index is 867. The van der Waals surface area contributed by atoms with Crippen molar-refractivity contribution < 1.29 is 9.90 Å². The lowest BCUT2D eigenvalue weighted by atomic mass is 9.96. The minimum atomic E-state index is -0.715. The predicted molar refractivity (Wildman–Crippen MR) is 113 cm³/mol. The summed E-state index contributed by atoms with van der Waals surface area (Å²) in [7, 11) is 0. The Labute approximate surface area is 175 Å². The number of fused-ring (bicyclic) bond motifs is 2. The zero-order chi connectivity index (χ0) is 19.7. The fraction of sp³-hybridized carbons (Fsp3) is 0.409. The third-order valence-electron chi connectivity index (χ3n) is 5.84. The Kier molecular flexibility index (Phi) is 5.97. The van der Waals surface area contributed by atoms with Crippen LogP contribution < -0.4 is 0 Å². The molecule has 0 aromatic heterocycles. The van der Waals surface area contributed by atoms with Gasteiger partial charge in [-0.05, 0) is 48.2 Å². The van der Waals surface area contributed by atoms with Crippen molar-refractivity contribution in [1.82, 2.24) is 9.80 Å². The molecule has 0 saturated carbocycles. The van der Waals surface area contributed by atoms with Crippen molar-refractivity contribution in [3.8, 4) is 0 Å². The van der Waals surface area contributed by atoms with Crippen molar-refractivity contribution in [2.45, 2.75) is 41.6 Å². The van der Waals surface area contributed by atoms with Crippen LogP contribution in [0.15, 0.2) is 52.3 Å². The number of benzene rings is 2. The quantitative estimate of drug-likeness (QED) is 0.790. The number of carboxylic acids is 1. The third-order valence-corrected chi connectivity index (χ3v) is 7.28. The summed E-state index contributed by atoms with van der Waals surface area (Å²) >= 11 is 8.18. The summed E-state index contributed by atoms with van der Waals surface area (Å²) in [5, 5.41) is 10.2. The second-order valence-electron chi connectivity index (χ2n) is 7.45. The molecule has 2 aromatic rings. The minimum Gasteiger partial charge on any atom is -0.480 e. The molecule has 148 valence electrons. The van der Waals surface area contributed by atoms with Gasteiger partial charge in [-0.25, -0.2) is 0 Å². The number of rotatable bonds is 4.